The minimum Gasteiger partial charge on any atom is -0.462 e. The molecule has 1 heterocycles. The largest absolute Gasteiger partial charge is 0.482 e. The third-order valence-electron chi connectivity index (χ3n) is 0.808. The van der Waals surface area contributed by atoms with Crippen molar-refractivity contribution < 1.29 is 19.6 Å². The van der Waals surface area contributed by atoms with Gasteiger partial charge in [-0.3, -0.25) is 9.89 Å². The number of H-pyrrole nitrogens is 1. The molecule has 0 unspecified atom stereocenters. The van der Waals surface area contributed by atoms with Gasteiger partial charge in [-0.1, -0.05) is 0 Å². The minimum atomic E-state index is -0.318. The van der Waals surface area contributed by atoms with Crippen LogP contribution in [0.5, 0.6) is 0 Å². The molecule has 0 atom stereocenters. The van der Waals surface area contributed by atoms with Gasteiger partial charge in [-0.05, 0) is 26.8 Å². The van der Waals surface area contributed by atoms with Crippen LogP contribution in [0.3, 0.4) is 0 Å². The third-order valence-corrected chi connectivity index (χ3v) is 0.808. The maximum Gasteiger partial charge on any atom is 0.482 e. The van der Waals surface area contributed by atoms with Gasteiger partial charge in [0.05, 0.1) is 0 Å². The Morgan fingerprint density at radius 1 is 1.47 bits per heavy atom. The van der Waals surface area contributed by atoms with E-state index in [2.05, 4.69) is 14.9 Å². The van der Waals surface area contributed by atoms with Crippen LogP contribution in [0.15, 0.2) is 18.5 Å². The average Bonchev–Trinajstić information content (AvgIpc) is 2.59. The van der Waals surface area contributed by atoms with E-state index >= 15 is 0 Å². The van der Waals surface area contributed by atoms with Crippen molar-refractivity contribution in [2.75, 3.05) is 0 Å². The van der Waals surface area contributed by atoms with Crippen molar-refractivity contribution in [3.8, 4) is 0 Å². The molecule has 0 aliphatic rings. The Bertz CT molecular complexity index is 194. The number of rotatable bonds is 1. The van der Waals surface area contributed by atoms with E-state index in [1.165, 1.54) is 0 Å². The van der Waals surface area contributed by atoms with Crippen molar-refractivity contribution in [1.29, 1.82) is 0 Å². The lowest BCUT2D eigenvalue weighted by Gasteiger charge is -2.14. The average molecular weight is 215 g/mol. The lowest BCUT2D eigenvalue weighted by molar-refractivity contribution is -0.138. The van der Waals surface area contributed by atoms with Crippen molar-refractivity contribution in [1.82, 2.24) is 10.2 Å². The molecular formula is C8H16BN2O4. The lowest BCUT2D eigenvalue weighted by Crippen LogP contribution is -2.17. The molecule has 0 aromatic carbocycles. The summed E-state index contributed by atoms with van der Waals surface area (Å²) in [7, 11) is 0. The van der Waals surface area contributed by atoms with Crippen LogP contribution in [-0.2, 0) is 9.53 Å². The van der Waals surface area contributed by atoms with Crippen LogP contribution in [0, 0.1) is 0 Å². The maximum atomic E-state index is 9.60. The number of hydrogen-bond acceptors (Lipinski definition) is 5. The zero-order valence-electron chi connectivity index (χ0n) is 9.04. The van der Waals surface area contributed by atoms with Gasteiger partial charge in [0.2, 0.25) is 0 Å². The summed E-state index contributed by atoms with van der Waals surface area (Å²) in [5.74, 6) is 0. The molecular weight excluding hydrogens is 199 g/mol. The van der Waals surface area contributed by atoms with Gasteiger partial charge in [0, 0.05) is 12.4 Å². The Balaban J connectivity index is 0. The fourth-order valence-electron chi connectivity index (χ4n) is 0.360. The summed E-state index contributed by atoms with van der Waals surface area (Å²) in [6, 6.07) is 1.83. The van der Waals surface area contributed by atoms with E-state index in [0.717, 1.165) is 0 Å². The van der Waals surface area contributed by atoms with Gasteiger partial charge in [0.1, 0.15) is 5.60 Å². The fourth-order valence-corrected chi connectivity index (χ4v) is 0.360. The smallest absolute Gasteiger partial charge is 0.462 e. The number of nitrogens with zero attached hydrogens (tertiary/aromatic N) is 1. The Morgan fingerprint density at radius 2 is 2.00 bits per heavy atom. The van der Waals surface area contributed by atoms with Crippen molar-refractivity contribution in [2.24, 2.45) is 0 Å². The van der Waals surface area contributed by atoms with Crippen LogP contribution in [-0.4, -0.2) is 40.0 Å². The molecule has 0 saturated heterocycles. The van der Waals surface area contributed by atoms with Crippen molar-refractivity contribution in [3.63, 3.8) is 0 Å². The highest BCUT2D eigenvalue weighted by Crippen LogP contribution is 2.02. The van der Waals surface area contributed by atoms with Gasteiger partial charge in [0.25, 0.3) is 6.47 Å². The van der Waals surface area contributed by atoms with E-state index in [1.54, 1.807) is 12.4 Å². The molecule has 6 nitrogen and oxygen atoms in total. The van der Waals surface area contributed by atoms with E-state index in [4.69, 9.17) is 10.0 Å². The summed E-state index contributed by atoms with van der Waals surface area (Å²) < 4.78 is 4.55. The van der Waals surface area contributed by atoms with E-state index in [0.29, 0.717) is 6.47 Å². The van der Waals surface area contributed by atoms with E-state index in [9.17, 15) is 4.79 Å². The monoisotopic (exact) mass is 215 g/mol. The second kappa shape index (κ2) is 10.7. The molecule has 85 valence electrons. The molecule has 15 heavy (non-hydrogen) atoms. The highest BCUT2D eigenvalue weighted by Gasteiger charge is 2.07. The van der Waals surface area contributed by atoms with Crippen molar-refractivity contribution in [3.05, 3.63) is 18.5 Å². The minimum absolute atomic E-state index is 0. The quantitative estimate of drug-likeness (QED) is 0.448. The number of hydrogen-bond donors (Lipinski definition) is 3. The Hall–Kier alpha value is -1.34. The molecule has 7 heteroatoms. The normalized spacial score (nSPS) is 8.60. The molecule has 3 N–H and O–H groups in total. The molecule has 0 bridgehead atoms. The summed E-state index contributed by atoms with van der Waals surface area (Å²) in [5.41, 5.74) is -0.318. The van der Waals surface area contributed by atoms with Crippen LogP contribution >= 0.6 is 0 Å². The zero-order valence-corrected chi connectivity index (χ0v) is 9.04. The maximum absolute atomic E-state index is 9.60. The number of carbonyl (C=O) groups excluding carboxylic acids is 1. The number of nitrogens with one attached hydrogen (secondary N) is 1. The van der Waals surface area contributed by atoms with Crippen LogP contribution in [0.2, 0.25) is 0 Å². The Morgan fingerprint density at radius 3 is 2.07 bits per heavy atom. The van der Waals surface area contributed by atoms with Gasteiger partial charge in [-0.15, -0.1) is 0 Å². The van der Waals surface area contributed by atoms with E-state index in [-0.39, 0.29) is 13.3 Å². The number of aromatic amines is 1. The predicted molar refractivity (Wildman–Crippen MR) is 55.7 cm³/mol. The Labute approximate surface area is 89.6 Å². The molecule has 1 aromatic heterocycles. The van der Waals surface area contributed by atoms with Gasteiger partial charge in [0.15, 0.2) is 0 Å². The third kappa shape index (κ3) is 24.5. The van der Waals surface area contributed by atoms with Crippen molar-refractivity contribution >= 4 is 14.2 Å². The van der Waals surface area contributed by atoms with Crippen LogP contribution < -0.4 is 0 Å². The first-order valence-corrected chi connectivity index (χ1v) is 4.13. The molecule has 1 aromatic rings. The molecule has 0 saturated carbocycles. The highest BCUT2D eigenvalue weighted by atomic mass is 16.5. The lowest BCUT2D eigenvalue weighted by atomic mass is 10.2. The first-order valence-electron chi connectivity index (χ1n) is 4.13. The van der Waals surface area contributed by atoms with Gasteiger partial charge in [-0.2, -0.15) is 5.10 Å². The molecule has 0 fully saturated rings. The molecule has 1 rings (SSSR count). The zero-order chi connectivity index (χ0) is 12.2. The second-order valence-corrected chi connectivity index (χ2v) is 3.21. The van der Waals surface area contributed by atoms with Crippen LogP contribution in [0.25, 0.3) is 0 Å². The summed E-state index contributed by atoms with van der Waals surface area (Å²) in [5, 5.41) is 20.2. The van der Waals surface area contributed by atoms with Gasteiger partial charge < -0.3 is 14.8 Å². The Kier molecular flexibility index (Phi) is 11.5. The van der Waals surface area contributed by atoms with Crippen LogP contribution in [0.4, 0.5) is 0 Å². The summed E-state index contributed by atoms with van der Waals surface area (Å²) in [4.78, 5) is 9.60. The summed E-state index contributed by atoms with van der Waals surface area (Å²) >= 11 is 0. The van der Waals surface area contributed by atoms with Crippen LogP contribution in [0.1, 0.15) is 20.8 Å². The molecule has 0 aliphatic heterocycles. The molecule has 0 spiro atoms. The van der Waals surface area contributed by atoms with Gasteiger partial charge >= 0.3 is 7.69 Å². The number of carbonyl (C=O) groups is 1. The SMILES string of the molecule is CC(C)(C)OC=O.O[B]O.c1cn[nH]c1. The first kappa shape index (κ1) is 16.1. The van der Waals surface area contributed by atoms with E-state index < -0.39 is 0 Å². The topological polar surface area (TPSA) is 95.4 Å². The summed E-state index contributed by atoms with van der Waals surface area (Å²) in [6.45, 7) is 5.92. The summed E-state index contributed by atoms with van der Waals surface area (Å²) in [6.07, 6.45) is 3.46. The van der Waals surface area contributed by atoms with Gasteiger partial charge in [-0.25, -0.2) is 0 Å². The fraction of sp³-hybridized carbons (Fsp3) is 0.500. The predicted octanol–water partition coefficient (Wildman–Crippen LogP) is -0.127. The molecule has 0 amide bonds. The number of aromatic nitrogens is 2. The number of ether oxygens (including phenoxy) is 1. The second-order valence-electron chi connectivity index (χ2n) is 3.21. The van der Waals surface area contributed by atoms with Crippen molar-refractivity contribution in [2.45, 2.75) is 26.4 Å². The molecule has 0 aliphatic carbocycles. The first-order chi connectivity index (χ1) is 6.97. The standard InChI is InChI=1S/C5H10O2.C3H4N2.BH2O2/c1-5(2,3)7-4-6;1-2-4-5-3-1;2-1-3/h4H,1-3H3;1-3H,(H,4,5);2-3H. The highest BCUT2D eigenvalue weighted by molar-refractivity contribution is 6.13. The molecule has 1 radical (unpaired) electrons. The van der Waals surface area contributed by atoms with E-state index in [1.807, 2.05) is 26.8 Å².